The Bertz CT molecular complexity index is 1740. The van der Waals surface area contributed by atoms with Crippen LogP contribution < -0.4 is 20.4 Å². The number of carbonyl (C=O) groups is 1. The van der Waals surface area contributed by atoms with Crippen molar-refractivity contribution < 1.29 is 9.53 Å². The van der Waals surface area contributed by atoms with Gasteiger partial charge < -0.3 is 20.3 Å². The van der Waals surface area contributed by atoms with Gasteiger partial charge in [0.05, 0.1) is 19.0 Å². The molecule has 3 aromatic heterocycles. The summed E-state index contributed by atoms with van der Waals surface area (Å²) in [6.07, 6.45) is 13.7. The molecule has 1 aliphatic carbocycles. The van der Waals surface area contributed by atoms with Crippen LogP contribution in [0.25, 0.3) is 11.1 Å². The highest BCUT2D eigenvalue weighted by Gasteiger charge is 2.40. The van der Waals surface area contributed by atoms with Gasteiger partial charge >= 0.3 is 6.03 Å². The number of aromatic nitrogens is 5. The third-order valence-electron chi connectivity index (χ3n) is 9.97. The number of benzene rings is 1. The lowest BCUT2D eigenvalue weighted by molar-refractivity contribution is 0.139. The Morgan fingerprint density at radius 1 is 1.06 bits per heavy atom. The van der Waals surface area contributed by atoms with Crippen molar-refractivity contribution in [1.29, 1.82) is 5.26 Å². The summed E-state index contributed by atoms with van der Waals surface area (Å²) >= 11 is 0. The van der Waals surface area contributed by atoms with E-state index in [1.54, 1.807) is 17.1 Å². The van der Waals surface area contributed by atoms with Crippen LogP contribution in [0.15, 0.2) is 67.3 Å². The molecule has 48 heavy (non-hydrogen) atoms. The maximum Gasteiger partial charge on any atom is 0.323 e. The zero-order valence-corrected chi connectivity index (χ0v) is 27.4. The lowest BCUT2D eigenvalue weighted by Crippen LogP contribution is -2.49. The number of carbonyl (C=O) groups excluding carboxylic acids is 1. The van der Waals surface area contributed by atoms with E-state index in [0.717, 1.165) is 87.9 Å². The van der Waals surface area contributed by atoms with Gasteiger partial charge in [-0.3, -0.25) is 9.58 Å². The fraction of sp³-hybridized carbons (Fsp3) is 0.444. The first-order valence-corrected chi connectivity index (χ1v) is 16.9. The zero-order valence-electron chi connectivity index (χ0n) is 27.4. The molecule has 2 N–H and O–H groups in total. The maximum absolute atomic E-state index is 13.8. The number of ether oxygens (including phenoxy) is 1. The highest BCUT2D eigenvalue weighted by Crippen LogP contribution is 2.39. The number of anilines is 3. The second-order valence-corrected chi connectivity index (χ2v) is 13.3. The second-order valence-electron chi connectivity index (χ2n) is 13.3. The number of aryl methyl sites for hydroxylation is 1. The van der Waals surface area contributed by atoms with E-state index in [1.807, 2.05) is 66.8 Å². The molecule has 0 radical (unpaired) electrons. The molecule has 12 nitrogen and oxygen atoms in total. The van der Waals surface area contributed by atoms with Gasteiger partial charge in [-0.1, -0.05) is 30.3 Å². The Hall–Kier alpha value is -5.02. The molecule has 1 spiro atoms. The van der Waals surface area contributed by atoms with E-state index in [2.05, 4.69) is 31.7 Å². The van der Waals surface area contributed by atoms with E-state index in [1.165, 1.54) is 0 Å². The Morgan fingerprint density at radius 2 is 1.92 bits per heavy atom. The summed E-state index contributed by atoms with van der Waals surface area (Å²) in [6.45, 7) is 3.73. The molecule has 12 heteroatoms. The molecular formula is C36H42N10O2. The summed E-state index contributed by atoms with van der Waals surface area (Å²) in [7, 11) is 1.89. The molecule has 248 valence electrons. The number of amides is 2. The summed E-state index contributed by atoms with van der Waals surface area (Å²) in [6, 6.07) is 16.1. The average Bonchev–Trinajstić information content (AvgIpc) is 3.77. The number of hydrogen-bond acceptors (Lipinski definition) is 9. The molecule has 1 saturated carbocycles. The van der Waals surface area contributed by atoms with Crippen LogP contribution in [0, 0.1) is 16.7 Å². The van der Waals surface area contributed by atoms with Gasteiger partial charge in [-0.05, 0) is 62.6 Å². The molecule has 0 bridgehead atoms. The summed E-state index contributed by atoms with van der Waals surface area (Å²) in [5.74, 6) is 1.87. The van der Waals surface area contributed by atoms with Gasteiger partial charge in [-0.15, -0.1) is 0 Å². The van der Waals surface area contributed by atoms with E-state index >= 15 is 0 Å². The van der Waals surface area contributed by atoms with Gasteiger partial charge in [0, 0.05) is 74.3 Å². The summed E-state index contributed by atoms with van der Waals surface area (Å²) < 4.78 is 7.52. The molecule has 1 aromatic carbocycles. The van der Waals surface area contributed by atoms with Crippen LogP contribution in [0.5, 0.6) is 0 Å². The van der Waals surface area contributed by atoms with E-state index in [4.69, 9.17) is 14.7 Å². The number of nitriles is 1. The van der Waals surface area contributed by atoms with Gasteiger partial charge in [0.1, 0.15) is 17.5 Å². The molecule has 2 aliphatic heterocycles. The molecule has 3 aliphatic rings. The van der Waals surface area contributed by atoms with Crippen molar-refractivity contribution in [3.8, 4) is 17.2 Å². The first-order valence-electron chi connectivity index (χ1n) is 16.9. The van der Waals surface area contributed by atoms with Crippen molar-refractivity contribution in [3.05, 3.63) is 78.4 Å². The molecular weight excluding hydrogens is 604 g/mol. The number of nitrogens with one attached hydrogen (secondary N) is 2. The highest BCUT2D eigenvalue weighted by atomic mass is 16.5. The lowest BCUT2D eigenvalue weighted by Gasteiger charge is -2.40. The molecule has 4 aromatic rings. The van der Waals surface area contributed by atoms with Crippen LogP contribution in [-0.4, -0.2) is 69.2 Å². The van der Waals surface area contributed by atoms with E-state index in [-0.39, 0.29) is 23.5 Å². The topological polar surface area (TPSA) is 137 Å². The number of nitrogens with zero attached hydrogens (tertiary/aromatic N) is 8. The van der Waals surface area contributed by atoms with Gasteiger partial charge in [0.25, 0.3) is 0 Å². The standard InChI is InChI=1S/C36H42N10O2/c1-44-23-29(22-41-44)27-8-13-32(38-20-27)46(35(47)40-19-26-6-3-2-4-7-26)31-11-9-30(10-12-31)42-34-39-21-28(18-37)33(43-34)45-16-5-14-36(24-45)15-17-48-25-36/h2-4,6-8,13,20-23,30-31H,5,9-12,14-17,19,24-25H2,1H3,(H,40,47)(H,39,42,43)/t30-,31-,36?. The van der Waals surface area contributed by atoms with Crippen molar-refractivity contribution in [1.82, 2.24) is 30.0 Å². The largest absolute Gasteiger partial charge is 0.381 e. The third-order valence-corrected chi connectivity index (χ3v) is 9.97. The van der Waals surface area contributed by atoms with Gasteiger partial charge in [0.15, 0.2) is 5.82 Å². The first kappa shape index (κ1) is 31.6. The molecule has 1 unspecified atom stereocenters. The van der Waals surface area contributed by atoms with Crippen molar-refractivity contribution in [3.63, 3.8) is 0 Å². The van der Waals surface area contributed by atoms with Crippen molar-refractivity contribution in [2.75, 3.05) is 41.4 Å². The average molecular weight is 647 g/mol. The molecule has 2 amide bonds. The van der Waals surface area contributed by atoms with Crippen LogP contribution in [0.4, 0.5) is 22.4 Å². The first-order chi connectivity index (χ1) is 23.5. The van der Waals surface area contributed by atoms with Crippen molar-refractivity contribution >= 4 is 23.6 Å². The van der Waals surface area contributed by atoms with Crippen molar-refractivity contribution in [2.24, 2.45) is 12.5 Å². The Kier molecular flexibility index (Phi) is 9.20. The Balaban J connectivity index is 1.04. The van der Waals surface area contributed by atoms with Gasteiger partial charge in [0.2, 0.25) is 5.95 Å². The number of urea groups is 1. The fourth-order valence-corrected chi connectivity index (χ4v) is 7.37. The molecule has 3 fully saturated rings. The SMILES string of the molecule is Cn1cc(-c2ccc(N(C(=O)NCc3ccccc3)[C@H]3CC[C@H](Nc4ncc(C#N)c(N5CCCC6(CCOC6)C5)n4)CC3)nc2)cn1. The van der Waals surface area contributed by atoms with Gasteiger partial charge in [-0.2, -0.15) is 15.3 Å². The van der Waals surface area contributed by atoms with Crippen LogP contribution in [-0.2, 0) is 18.3 Å². The van der Waals surface area contributed by atoms with E-state index in [0.29, 0.717) is 29.7 Å². The monoisotopic (exact) mass is 646 g/mol. The second kappa shape index (κ2) is 14.0. The van der Waals surface area contributed by atoms with Crippen LogP contribution in [0.2, 0.25) is 0 Å². The maximum atomic E-state index is 13.8. The Labute approximate surface area is 281 Å². The summed E-state index contributed by atoms with van der Waals surface area (Å²) in [5.41, 5.74) is 3.61. The van der Waals surface area contributed by atoms with Gasteiger partial charge in [-0.25, -0.2) is 14.8 Å². The minimum Gasteiger partial charge on any atom is -0.381 e. The minimum absolute atomic E-state index is 0.0221. The molecule has 7 rings (SSSR count). The van der Waals surface area contributed by atoms with Crippen molar-refractivity contribution in [2.45, 2.75) is 63.6 Å². The van der Waals surface area contributed by atoms with Crippen LogP contribution in [0.3, 0.4) is 0 Å². The number of hydrogen-bond donors (Lipinski definition) is 2. The quantitative estimate of drug-likeness (QED) is 0.262. The lowest BCUT2D eigenvalue weighted by atomic mass is 9.79. The highest BCUT2D eigenvalue weighted by molar-refractivity contribution is 5.91. The Morgan fingerprint density at radius 3 is 2.62 bits per heavy atom. The normalized spacial score (nSPS) is 22.3. The molecule has 5 heterocycles. The van der Waals surface area contributed by atoms with Crippen LogP contribution in [0.1, 0.15) is 56.1 Å². The predicted molar refractivity (Wildman–Crippen MR) is 183 cm³/mol. The van der Waals surface area contributed by atoms with E-state index < -0.39 is 0 Å². The number of pyridine rings is 1. The summed E-state index contributed by atoms with van der Waals surface area (Å²) in [5, 5.41) is 20.8. The predicted octanol–water partition coefficient (Wildman–Crippen LogP) is 5.29. The molecule has 1 atom stereocenters. The number of piperidine rings is 1. The smallest absolute Gasteiger partial charge is 0.323 e. The number of rotatable bonds is 8. The van der Waals surface area contributed by atoms with Crippen LogP contribution >= 0.6 is 0 Å². The zero-order chi connectivity index (χ0) is 32.9. The summed E-state index contributed by atoms with van der Waals surface area (Å²) in [4.78, 5) is 32.0. The third kappa shape index (κ3) is 6.96. The molecule has 2 saturated heterocycles. The minimum atomic E-state index is -0.163. The fourth-order valence-electron chi connectivity index (χ4n) is 7.37. The van der Waals surface area contributed by atoms with E-state index in [9.17, 15) is 10.1 Å².